The summed E-state index contributed by atoms with van der Waals surface area (Å²) < 4.78 is 9.94. The number of thiazole rings is 1. The first-order chi connectivity index (χ1) is 9.63. The van der Waals surface area contributed by atoms with Gasteiger partial charge in [0.15, 0.2) is 0 Å². The Hall–Kier alpha value is -1.63. The third-order valence-electron chi connectivity index (χ3n) is 3.35. The van der Waals surface area contributed by atoms with Crippen LogP contribution in [0.2, 0.25) is 0 Å². The van der Waals surface area contributed by atoms with Crippen LogP contribution in [0.3, 0.4) is 0 Å². The molecule has 1 atom stereocenters. The fourth-order valence-electron chi connectivity index (χ4n) is 2.25. The number of aromatic nitrogens is 1. The smallest absolute Gasteiger partial charge is 0.410 e. The van der Waals surface area contributed by atoms with Gasteiger partial charge in [-0.2, -0.15) is 0 Å². The molecule has 1 aromatic heterocycles. The molecular formula is C13H18N2O4S. The van der Waals surface area contributed by atoms with E-state index in [1.54, 1.807) is 16.8 Å². The normalized spacial score (nSPS) is 18.1. The summed E-state index contributed by atoms with van der Waals surface area (Å²) >= 11 is 1.56. The summed E-state index contributed by atoms with van der Waals surface area (Å²) in [4.78, 5) is 30.2. The van der Waals surface area contributed by atoms with Crippen molar-refractivity contribution < 1.29 is 19.1 Å². The van der Waals surface area contributed by atoms with E-state index in [1.165, 1.54) is 12.0 Å². The third-order valence-corrected chi connectivity index (χ3v) is 4.35. The van der Waals surface area contributed by atoms with Crippen LogP contribution in [0, 0.1) is 6.92 Å². The van der Waals surface area contributed by atoms with Crippen LogP contribution in [-0.2, 0) is 20.7 Å². The third kappa shape index (κ3) is 3.27. The number of esters is 1. The second-order valence-electron chi connectivity index (χ2n) is 4.60. The molecule has 1 amide bonds. The monoisotopic (exact) mass is 298 g/mol. The number of amides is 1. The molecule has 0 unspecified atom stereocenters. The van der Waals surface area contributed by atoms with Crippen LogP contribution in [0.25, 0.3) is 0 Å². The molecule has 0 N–H and O–H groups in total. The van der Waals surface area contributed by atoms with Gasteiger partial charge in [0.2, 0.25) is 0 Å². The predicted molar refractivity (Wildman–Crippen MR) is 73.6 cm³/mol. The number of carbonyl (C=O) groups excluding carboxylic acids is 2. The minimum Gasteiger partial charge on any atom is -0.464 e. The van der Waals surface area contributed by atoms with E-state index in [2.05, 4.69) is 9.72 Å². The van der Waals surface area contributed by atoms with Crippen molar-refractivity contribution in [2.45, 2.75) is 32.2 Å². The van der Waals surface area contributed by atoms with Crippen molar-refractivity contribution in [3.63, 3.8) is 0 Å². The van der Waals surface area contributed by atoms with E-state index >= 15 is 0 Å². The van der Waals surface area contributed by atoms with Crippen molar-refractivity contribution in [1.82, 2.24) is 9.88 Å². The van der Waals surface area contributed by atoms with Crippen molar-refractivity contribution in [3.05, 3.63) is 16.1 Å². The zero-order valence-electron chi connectivity index (χ0n) is 11.6. The molecule has 20 heavy (non-hydrogen) atoms. The molecule has 1 aliphatic rings. The number of methoxy groups -OCH3 is 1. The maximum Gasteiger partial charge on any atom is 0.410 e. The molecule has 2 heterocycles. The van der Waals surface area contributed by atoms with Gasteiger partial charge >= 0.3 is 12.1 Å². The van der Waals surface area contributed by atoms with Gasteiger partial charge < -0.3 is 9.47 Å². The molecule has 110 valence electrons. The molecule has 1 fully saturated rings. The van der Waals surface area contributed by atoms with Crippen LogP contribution in [0.15, 0.2) is 5.51 Å². The van der Waals surface area contributed by atoms with Gasteiger partial charge in [-0.3, -0.25) is 4.90 Å². The van der Waals surface area contributed by atoms with Gasteiger partial charge in [-0.25, -0.2) is 14.6 Å². The quantitative estimate of drug-likeness (QED) is 0.792. The second kappa shape index (κ2) is 6.69. The SMILES string of the molecule is COC(=O)N1CCC[C@H]1C(=O)OCCc1scnc1C. The Morgan fingerprint density at radius 2 is 2.35 bits per heavy atom. The number of aryl methyl sites for hydroxylation is 1. The van der Waals surface area contributed by atoms with Gasteiger partial charge in [-0.1, -0.05) is 0 Å². The lowest BCUT2D eigenvalue weighted by Gasteiger charge is -2.21. The van der Waals surface area contributed by atoms with E-state index in [0.717, 1.165) is 17.0 Å². The Balaban J connectivity index is 1.82. The van der Waals surface area contributed by atoms with E-state index in [1.807, 2.05) is 6.92 Å². The Morgan fingerprint density at radius 1 is 1.55 bits per heavy atom. The summed E-state index contributed by atoms with van der Waals surface area (Å²) in [5, 5.41) is 0. The molecule has 0 bridgehead atoms. The first kappa shape index (κ1) is 14.8. The summed E-state index contributed by atoms with van der Waals surface area (Å²) in [5.41, 5.74) is 2.76. The number of rotatable bonds is 4. The fourth-order valence-corrected chi connectivity index (χ4v) is 3.02. The summed E-state index contributed by atoms with van der Waals surface area (Å²) in [7, 11) is 1.32. The molecule has 0 spiro atoms. The van der Waals surface area contributed by atoms with Crippen molar-refractivity contribution >= 4 is 23.4 Å². The Kier molecular flexibility index (Phi) is 4.94. The van der Waals surface area contributed by atoms with E-state index in [9.17, 15) is 9.59 Å². The van der Waals surface area contributed by atoms with Gasteiger partial charge in [-0.15, -0.1) is 11.3 Å². The molecule has 0 radical (unpaired) electrons. The van der Waals surface area contributed by atoms with Crippen molar-refractivity contribution in [3.8, 4) is 0 Å². The number of nitrogens with zero attached hydrogens (tertiary/aromatic N) is 2. The van der Waals surface area contributed by atoms with Gasteiger partial charge in [-0.05, 0) is 19.8 Å². The lowest BCUT2D eigenvalue weighted by Crippen LogP contribution is -2.41. The van der Waals surface area contributed by atoms with Gasteiger partial charge in [0.05, 0.1) is 24.9 Å². The van der Waals surface area contributed by atoms with E-state index in [0.29, 0.717) is 26.0 Å². The van der Waals surface area contributed by atoms with E-state index < -0.39 is 12.1 Å². The molecule has 2 rings (SSSR count). The molecule has 1 aliphatic heterocycles. The van der Waals surface area contributed by atoms with Crippen LogP contribution in [-0.4, -0.2) is 48.2 Å². The average molecular weight is 298 g/mol. The number of ether oxygens (including phenoxy) is 2. The molecule has 0 aromatic carbocycles. The van der Waals surface area contributed by atoms with Crippen LogP contribution < -0.4 is 0 Å². The van der Waals surface area contributed by atoms with Gasteiger partial charge in [0.1, 0.15) is 6.04 Å². The summed E-state index contributed by atoms with van der Waals surface area (Å²) in [5.74, 6) is -0.352. The highest BCUT2D eigenvalue weighted by Crippen LogP contribution is 2.20. The van der Waals surface area contributed by atoms with Crippen LogP contribution >= 0.6 is 11.3 Å². The van der Waals surface area contributed by atoms with E-state index in [-0.39, 0.29) is 5.97 Å². The van der Waals surface area contributed by atoms with Crippen molar-refractivity contribution in [2.75, 3.05) is 20.3 Å². The van der Waals surface area contributed by atoms with Gasteiger partial charge in [0, 0.05) is 17.8 Å². The molecule has 0 aliphatic carbocycles. The lowest BCUT2D eigenvalue weighted by molar-refractivity contribution is -0.148. The molecule has 7 heteroatoms. The number of likely N-dealkylation sites (tertiary alicyclic amines) is 1. The van der Waals surface area contributed by atoms with Crippen LogP contribution in [0.4, 0.5) is 4.79 Å². The highest BCUT2D eigenvalue weighted by atomic mass is 32.1. The predicted octanol–water partition coefficient (Wildman–Crippen LogP) is 1.77. The lowest BCUT2D eigenvalue weighted by atomic mass is 10.2. The first-order valence-corrected chi connectivity index (χ1v) is 7.41. The standard InChI is InChI=1S/C13H18N2O4S/c1-9-11(20-8-14-9)5-7-19-12(16)10-4-3-6-15(10)13(17)18-2/h8,10H,3-7H2,1-2H3/t10-/m0/s1. The summed E-state index contributed by atoms with van der Waals surface area (Å²) in [6, 6.07) is -0.509. The Morgan fingerprint density at radius 3 is 3.00 bits per heavy atom. The second-order valence-corrected chi connectivity index (χ2v) is 5.54. The average Bonchev–Trinajstić information content (AvgIpc) is 3.07. The molecular weight excluding hydrogens is 280 g/mol. The zero-order valence-corrected chi connectivity index (χ0v) is 12.4. The van der Waals surface area contributed by atoms with Crippen LogP contribution in [0.5, 0.6) is 0 Å². The Bertz CT molecular complexity index is 488. The zero-order chi connectivity index (χ0) is 14.5. The highest BCUT2D eigenvalue weighted by molar-refractivity contribution is 7.09. The van der Waals surface area contributed by atoms with Crippen molar-refractivity contribution in [2.24, 2.45) is 0 Å². The fraction of sp³-hybridized carbons (Fsp3) is 0.615. The first-order valence-electron chi connectivity index (χ1n) is 6.53. The topological polar surface area (TPSA) is 68.7 Å². The number of hydrogen-bond acceptors (Lipinski definition) is 6. The van der Waals surface area contributed by atoms with Crippen molar-refractivity contribution in [1.29, 1.82) is 0 Å². The maximum absolute atomic E-state index is 12.0. The summed E-state index contributed by atoms with van der Waals surface area (Å²) in [6.45, 7) is 2.79. The highest BCUT2D eigenvalue weighted by Gasteiger charge is 2.35. The molecule has 1 saturated heterocycles. The minimum atomic E-state index is -0.509. The van der Waals surface area contributed by atoms with E-state index in [4.69, 9.17) is 4.74 Å². The Labute approximate surface area is 121 Å². The number of carbonyl (C=O) groups is 2. The summed E-state index contributed by atoms with van der Waals surface area (Å²) in [6.07, 6.45) is 1.62. The molecule has 6 nitrogen and oxygen atoms in total. The molecule has 0 saturated carbocycles. The maximum atomic E-state index is 12.0. The van der Waals surface area contributed by atoms with Crippen LogP contribution in [0.1, 0.15) is 23.4 Å². The molecule has 1 aromatic rings. The van der Waals surface area contributed by atoms with Gasteiger partial charge in [0.25, 0.3) is 0 Å². The minimum absolute atomic E-state index is 0.313. The number of hydrogen-bond donors (Lipinski definition) is 0. The largest absolute Gasteiger partial charge is 0.464 e.